The Morgan fingerprint density at radius 1 is 0.761 bits per heavy atom. The third-order valence-corrected chi connectivity index (χ3v) is 7.79. The Kier molecular flexibility index (Phi) is 12.4. The molecule has 0 amide bonds. The standard InChI is InChI=1S/C12H15FN2O2.C11H13FN2O.C10H11ClN2O/c1-16-11-6-8(3-5-10(11)13)2-4-9-7-17-12(14)15-9;12-9-4-1-8(2-5-9)3-6-10-7-15-11(13)14-10;1-6-2-3-7(4-8(6)11)9-5-14-10(12)13-9/h3,5-6,9H,2,4,7H2,1H3,(H2,14,15);1-2,4-5,10H,3,6-7H2,(H2,13,14);2-4,9H,5H2,1H3,(H2,12,13)/t9-;10-;9-/m001/s1. The number of ether oxygens (including phenoxy) is 4. The molecule has 0 fully saturated rings. The highest BCUT2D eigenvalue weighted by molar-refractivity contribution is 6.31. The molecule has 0 spiro atoms. The molecule has 0 aromatic heterocycles. The number of halogens is 3. The van der Waals surface area contributed by atoms with Gasteiger partial charge in [0.15, 0.2) is 11.6 Å². The van der Waals surface area contributed by atoms with E-state index in [0.717, 1.165) is 53.0 Å². The van der Waals surface area contributed by atoms with Gasteiger partial charge in [0.2, 0.25) is 0 Å². The molecule has 246 valence electrons. The number of rotatable bonds is 8. The number of benzene rings is 3. The molecule has 0 saturated carbocycles. The van der Waals surface area contributed by atoms with Crippen molar-refractivity contribution in [1.29, 1.82) is 0 Å². The first-order valence-corrected chi connectivity index (χ1v) is 15.2. The van der Waals surface area contributed by atoms with Crippen molar-refractivity contribution in [2.24, 2.45) is 32.2 Å². The molecule has 3 aromatic rings. The summed E-state index contributed by atoms with van der Waals surface area (Å²) >= 11 is 6.01. The minimum atomic E-state index is -0.345. The third kappa shape index (κ3) is 10.5. The van der Waals surface area contributed by atoms with Crippen LogP contribution in [0.1, 0.15) is 41.1 Å². The molecule has 6 N–H and O–H groups in total. The van der Waals surface area contributed by atoms with Gasteiger partial charge in [0.05, 0.1) is 19.2 Å². The summed E-state index contributed by atoms with van der Waals surface area (Å²) in [6.45, 7) is 3.57. The Morgan fingerprint density at radius 2 is 1.33 bits per heavy atom. The van der Waals surface area contributed by atoms with E-state index in [0.29, 0.717) is 19.8 Å². The van der Waals surface area contributed by atoms with Gasteiger partial charge in [-0.15, -0.1) is 0 Å². The maximum absolute atomic E-state index is 13.2. The Labute approximate surface area is 272 Å². The van der Waals surface area contributed by atoms with Crippen molar-refractivity contribution in [2.45, 2.75) is 50.7 Å². The van der Waals surface area contributed by atoms with E-state index in [-0.39, 0.29) is 53.6 Å². The van der Waals surface area contributed by atoms with E-state index in [2.05, 4.69) is 15.0 Å². The first-order valence-electron chi connectivity index (χ1n) is 14.8. The van der Waals surface area contributed by atoms with Gasteiger partial charge < -0.3 is 36.1 Å². The molecule has 3 aliphatic heterocycles. The molecule has 0 saturated heterocycles. The summed E-state index contributed by atoms with van der Waals surface area (Å²) in [5.74, 6) is -0.277. The summed E-state index contributed by atoms with van der Waals surface area (Å²) in [4.78, 5) is 12.4. The van der Waals surface area contributed by atoms with Crippen molar-refractivity contribution in [3.8, 4) is 5.75 Å². The molecule has 3 aliphatic rings. The summed E-state index contributed by atoms with van der Waals surface area (Å²) in [5, 5.41) is 0.753. The second-order valence-electron chi connectivity index (χ2n) is 10.8. The predicted molar refractivity (Wildman–Crippen MR) is 175 cm³/mol. The molecule has 0 radical (unpaired) electrons. The van der Waals surface area contributed by atoms with Crippen LogP contribution in [0.15, 0.2) is 75.6 Å². The second-order valence-corrected chi connectivity index (χ2v) is 11.2. The topological polar surface area (TPSA) is 152 Å². The molecular weight excluding hydrogens is 618 g/mol. The van der Waals surface area contributed by atoms with Gasteiger partial charge in [-0.2, -0.15) is 0 Å². The van der Waals surface area contributed by atoms with Crippen LogP contribution in [-0.2, 0) is 27.1 Å². The molecule has 13 heteroatoms. The molecule has 3 aromatic carbocycles. The highest BCUT2D eigenvalue weighted by Gasteiger charge is 2.19. The molecule has 0 aliphatic carbocycles. The van der Waals surface area contributed by atoms with E-state index in [4.69, 9.17) is 47.7 Å². The van der Waals surface area contributed by atoms with Gasteiger partial charge >= 0.3 is 0 Å². The lowest BCUT2D eigenvalue weighted by atomic mass is 10.1. The van der Waals surface area contributed by atoms with Gasteiger partial charge in [0, 0.05) is 5.02 Å². The van der Waals surface area contributed by atoms with E-state index in [1.807, 2.05) is 25.1 Å². The van der Waals surface area contributed by atoms with Crippen LogP contribution >= 0.6 is 11.6 Å². The Hall–Kier alpha value is -4.58. The smallest absolute Gasteiger partial charge is 0.282 e. The van der Waals surface area contributed by atoms with Crippen LogP contribution in [0.5, 0.6) is 5.75 Å². The molecule has 3 heterocycles. The van der Waals surface area contributed by atoms with E-state index < -0.39 is 0 Å². The fourth-order valence-electron chi connectivity index (χ4n) is 4.72. The lowest BCUT2D eigenvalue weighted by Gasteiger charge is -2.07. The van der Waals surface area contributed by atoms with Gasteiger partial charge in [0.1, 0.15) is 31.7 Å². The van der Waals surface area contributed by atoms with Crippen molar-refractivity contribution in [3.63, 3.8) is 0 Å². The van der Waals surface area contributed by atoms with Gasteiger partial charge in [-0.3, -0.25) is 0 Å². The monoisotopic (exact) mass is 656 g/mol. The highest BCUT2D eigenvalue weighted by Crippen LogP contribution is 2.26. The minimum Gasteiger partial charge on any atom is -0.494 e. The van der Waals surface area contributed by atoms with E-state index >= 15 is 0 Å². The molecular formula is C33H39ClF2N6O4. The summed E-state index contributed by atoms with van der Waals surface area (Å²) in [7, 11) is 1.46. The molecule has 0 unspecified atom stereocenters. The molecule has 46 heavy (non-hydrogen) atoms. The van der Waals surface area contributed by atoms with Gasteiger partial charge in [-0.25, -0.2) is 23.8 Å². The van der Waals surface area contributed by atoms with Crippen LogP contribution in [0, 0.1) is 18.6 Å². The number of amidine groups is 3. The van der Waals surface area contributed by atoms with Gasteiger partial charge in [-0.1, -0.05) is 41.9 Å². The largest absolute Gasteiger partial charge is 0.494 e. The van der Waals surface area contributed by atoms with Crippen LogP contribution < -0.4 is 21.9 Å². The number of nitrogens with zero attached hydrogens (tertiary/aromatic N) is 3. The minimum absolute atomic E-state index is 0.00639. The first kappa shape index (κ1) is 34.3. The Balaban J connectivity index is 0.000000157. The summed E-state index contributed by atoms with van der Waals surface area (Å²) in [5.41, 5.74) is 20.5. The number of aliphatic imine (C=N–C) groups is 3. The van der Waals surface area contributed by atoms with Crippen molar-refractivity contribution < 1.29 is 27.7 Å². The zero-order chi connectivity index (χ0) is 33.1. The second kappa shape index (κ2) is 16.6. The maximum Gasteiger partial charge on any atom is 0.282 e. The number of methoxy groups -OCH3 is 1. The highest BCUT2D eigenvalue weighted by atomic mass is 35.5. The summed E-state index contributed by atoms with van der Waals surface area (Å²) < 4.78 is 45.9. The van der Waals surface area contributed by atoms with E-state index in [9.17, 15) is 8.78 Å². The van der Waals surface area contributed by atoms with Crippen molar-refractivity contribution in [3.05, 3.63) is 99.6 Å². The predicted octanol–water partition coefficient (Wildman–Crippen LogP) is 4.99. The molecule has 3 atom stereocenters. The van der Waals surface area contributed by atoms with Crippen LogP contribution in [0.3, 0.4) is 0 Å². The summed E-state index contributed by atoms with van der Waals surface area (Å²) in [6.07, 6.45) is 3.37. The zero-order valence-corrected chi connectivity index (χ0v) is 26.6. The van der Waals surface area contributed by atoms with Gasteiger partial charge in [0.25, 0.3) is 18.1 Å². The first-order chi connectivity index (χ1) is 22.1. The molecule has 0 bridgehead atoms. The van der Waals surface area contributed by atoms with Crippen molar-refractivity contribution in [1.82, 2.24) is 0 Å². The van der Waals surface area contributed by atoms with Crippen molar-refractivity contribution in [2.75, 3.05) is 26.9 Å². The number of aryl methyl sites for hydroxylation is 3. The lowest BCUT2D eigenvalue weighted by Crippen LogP contribution is -2.10. The molecule has 10 nitrogen and oxygen atoms in total. The fourth-order valence-corrected chi connectivity index (χ4v) is 4.91. The van der Waals surface area contributed by atoms with Crippen LogP contribution in [0.25, 0.3) is 0 Å². The van der Waals surface area contributed by atoms with E-state index in [1.54, 1.807) is 24.3 Å². The lowest BCUT2D eigenvalue weighted by molar-refractivity contribution is 0.307. The van der Waals surface area contributed by atoms with Crippen LogP contribution in [0.4, 0.5) is 8.78 Å². The third-order valence-electron chi connectivity index (χ3n) is 7.38. The quantitative estimate of drug-likeness (QED) is 0.309. The number of hydrogen-bond acceptors (Lipinski definition) is 10. The number of nitrogens with two attached hydrogens (primary N) is 3. The normalized spacial score (nSPS) is 19.6. The molecule has 6 rings (SSSR count). The van der Waals surface area contributed by atoms with Crippen LogP contribution in [-0.4, -0.2) is 57.1 Å². The summed E-state index contributed by atoms with van der Waals surface area (Å²) in [6, 6.07) is 18.3. The average Bonchev–Trinajstić information content (AvgIpc) is 3.79. The van der Waals surface area contributed by atoms with Crippen LogP contribution in [0.2, 0.25) is 5.02 Å². The Bertz CT molecular complexity index is 1550. The SMILES string of the molecule is COc1cc(CC[C@H]2COC(N)=N2)ccc1F.Cc1ccc([C@H]2COC(N)=N2)cc1Cl.NC1=N[C@@H](CCc2ccc(F)cc2)CO1. The zero-order valence-electron chi connectivity index (χ0n) is 25.8. The van der Waals surface area contributed by atoms with Crippen molar-refractivity contribution >= 4 is 29.7 Å². The number of hydrogen-bond donors (Lipinski definition) is 3. The van der Waals surface area contributed by atoms with E-state index in [1.165, 1.54) is 25.3 Å². The average molecular weight is 657 g/mol. The maximum atomic E-state index is 13.2. The Morgan fingerprint density at radius 3 is 1.85 bits per heavy atom. The fraction of sp³-hybridized carbons (Fsp3) is 0.364. The van der Waals surface area contributed by atoms with Gasteiger partial charge in [-0.05, 0) is 85.2 Å².